The van der Waals surface area contributed by atoms with E-state index in [1.165, 1.54) is 0 Å². The maximum absolute atomic E-state index is 11.4. The fourth-order valence-corrected chi connectivity index (χ4v) is 1.48. The van der Waals surface area contributed by atoms with E-state index >= 15 is 0 Å². The zero-order valence-electron chi connectivity index (χ0n) is 9.51. The van der Waals surface area contributed by atoms with Gasteiger partial charge in [0.2, 0.25) is 5.89 Å². The second-order valence-electron chi connectivity index (χ2n) is 3.40. The van der Waals surface area contributed by atoms with Crippen LogP contribution >= 0.6 is 11.6 Å². The summed E-state index contributed by atoms with van der Waals surface area (Å²) in [6, 6.07) is 6.65. The normalized spacial score (nSPS) is 10.3. The van der Waals surface area contributed by atoms with Gasteiger partial charge >= 0.3 is 5.97 Å². The van der Waals surface area contributed by atoms with E-state index in [2.05, 4.69) is 4.98 Å². The first-order valence-electron chi connectivity index (χ1n) is 5.24. The number of benzene rings is 1. The lowest BCUT2D eigenvalue weighted by Crippen LogP contribution is -2.03. The summed E-state index contributed by atoms with van der Waals surface area (Å²) in [5.41, 5.74) is 0.602. The number of carbonyl (C=O) groups excluding carboxylic acids is 1. The highest BCUT2D eigenvalue weighted by molar-refractivity contribution is 6.30. The lowest BCUT2D eigenvalue weighted by molar-refractivity contribution is 0.0486. The van der Waals surface area contributed by atoms with Crippen molar-refractivity contribution in [3.8, 4) is 17.3 Å². The van der Waals surface area contributed by atoms with Crippen molar-refractivity contribution in [3.63, 3.8) is 0 Å². The van der Waals surface area contributed by atoms with Crippen LogP contribution in [0.5, 0.6) is 5.88 Å². The maximum Gasteiger partial charge on any atom is 0.380 e. The number of hydrogen-bond acceptors (Lipinski definition) is 5. The quantitative estimate of drug-likeness (QED) is 0.866. The van der Waals surface area contributed by atoms with Crippen molar-refractivity contribution in [1.82, 2.24) is 4.98 Å². The molecule has 0 amide bonds. The van der Waals surface area contributed by atoms with E-state index in [0.29, 0.717) is 10.6 Å². The Balaban J connectivity index is 2.34. The van der Waals surface area contributed by atoms with Crippen LogP contribution in [0.3, 0.4) is 0 Å². The van der Waals surface area contributed by atoms with Gasteiger partial charge in [-0.3, -0.25) is 0 Å². The summed E-state index contributed by atoms with van der Waals surface area (Å²) in [7, 11) is 0. The minimum absolute atomic E-state index is 0.132. The Morgan fingerprint density at radius 1 is 1.44 bits per heavy atom. The summed E-state index contributed by atoms with van der Waals surface area (Å²) in [6.07, 6.45) is 0. The molecule has 0 saturated heterocycles. The summed E-state index contributed by atoms with van der Waals surface area (Å²) < 4.78 is 9.90. The van der Waals surface area contributed by atoms with Crippen molar-refractivity contribution in [3.05, 3.63) is 35.0 Å². The Kier molecular flexibility index (Phi) is 3.53. The largest absolute Gasteiger partial charge is 0.490 e. The Labute approximate surface area is 108 Å². The van der Waals surface area contributed by atoms with Crippen molar-refractivity contribution in [2.24, 2.45) is 0 Å². The Bertz CT molecular complexity index is 562. The van der Waals surface area contributed by atoms with E-state index in [4.69, 9.17) is 20.8 Å². The van der Waals surface area contributed by atoms with E-state index < -0.39 is 11.8 Å². The molecule has 2 aromatic rings. The van der Waals surface area contributed by atoms with Gasteiger partial charge in [-0.15, -0.1) is 0 Å². The van der Waals surface area contributed by atoms with Gasteiger partial charge in [0, 0.05) is 10.6 Å². The number of carbonyl (C=O) groups is 1. The van der Waals surface area contributed by atoms with E-state index in [-0.39, 0.29) is 18.3 Å². The number of rotatable bonds is 3. The fraction of sp³-hybridized carbons (Fsp3) is 0.167. The van der Waals surface area contributed by atoms with Crippen LogP contribution in [0.15, 0.2) is 28.7 Å². The third-order valence-electron chi connectivity index (χ3n) is 2.16. The molecular formula is C12H10ClNO4. The summed E-state index contributed by atoms with van der Waals surface area (Å²) in [4.78, 5) is 15.2. The predicted molar refractivity (Wildman–Crippen MR) is 64.6 cm³/mol. The summed E-state index contributed by atoms with van der Waals surface area (Å²) in [6.45, 7) is 1.85. The minimum atomic E-state index is -0.747. The Morgan fingerprint density at radius 3 is 2.72 bits per heavy atom. The zero-order valence-corrected chi connectivity index (χ0v) is 10.3. The number of hydrogen-bond donors (Lipinski definition) is 1. The van der Waals surface area contributed by atoms with Gasteiger partial charge in [-0.1, -0.05) is 11.6 Å². The van der Waals surface area contributed by atoms with Crippen molar-refractivity contribution in [1.29, 1.82) is 0 Å². The molecule has 18 heavy (non-hydrogen) atoms. The average molecular weight is 268 g/mol. The first-order valence-corrected chi connectivity index (χ1v) is 5.62. The molecule has 0 unspecified atom stereocenters. The second-order valence-corrected chi connectivity index (χ2v) is 3.84. The fourth-order valence-electron chi connectivity index (χ4n) is 1.36. The van der Waals surface area contributed by atoms with E-state index in [1.54, 1.807) is 31.2 Å². The van der Waals surface area contributed by atoms with Gasteiger partial charge in [0.1, 0.15) is 0 Å². The highest BCUT2D eigenvalue weighted by Gasteiger charge is 2.21. The molecule has 6 heteroatoms. The van der Waals surface area contributed by atoms with Crippen LogP contribution in [0.4, 0.5) is 0 Å². The number of halogens is 1. The SMILES string of the molecule is CCOC(=O)c1oc(-c2ccc(Cl)cc2)nc1O. The first-order chi connectivity index (χ1) is 8.61. The first kappa shape index (κ1) is 12.4. The third kappa shape index (κ3) is 2.46. The molecule has 2 rings (SSSR count). The lowest BCUT2D eigenvalue weighted by atomic mass is 10.2. The van der Waals surface area contributed by atoms with E-state index in [1.807, 2.05) is 0 Å². The van der Waals surface area contributed by atoms with Crippen LogP contribution in [0.25, 0.3) is 11.5 Å². The third-order valence-corrected chi connectivity index (χ3v) is 2.41. The number of aromatic nitrogens is 1. The molecule has 1 aromatic carbocycles. The molecule has 0 aliphatic heterocycles. The van der Waals surface area contributed by atoms with Crippen LogP contribution in [-0.4, -0.2) is 22.7 Å². The molecular weight excluding hydrogens is 258 g/mol. The van der Waals surface area contributed by atoms with Gasteiger partial charge in [0.15, 0.2) is 0 Å². The smallest absolute Gasteiger partial charge is 0.380 e. The number of aromatic hydroxyl groups is 1. The molecule has 1 aromatic heterocycles. The van der Waals surface area contributed by atoms with Gasteiger partial charge in [0.05, 0.1) is 6.61 Å². The van der Waals surface area contributed by atoms with Crippen LogP contribution in [0, 0.1) is 0 Å². The number of oxazole rings is 1. The molecule has 94 valence electrons. The van der Waals surface area contributed by atoms with Crippen molar-refractivity contribution in [2.75, 3.05) is 6.61 Å². The second kappa shape index (κ2) is 5.10. The molecule has 1 N–H and O–H groups in total. The molecule has 1 heterocycles. The molecule has 0 saturated carbocycles. The Morgan fingerprint density at radius 2 is 2.11 bits per heavy atom. The van der Waals surface area contributed by atoms with Gasteiger partial charge in [0.25, 0.3) is 11.6 Å². The summed E-state index contributed by atoms with van der Waals surface area (Å²) in [5, 5.41) is 10.1. The predicted octanol–water partition coefficient (Wildman–Crippen LogP) is 2.88. The van der Waals surface area contributed by atoms with Crippen LogP contribution in [-0.2, 0) is 4.74 Å². The van der Waals surface area contributed by atoms with Gasteiger partial charge in [-0.2, -0.15) is 4.98 Å². The summed E-state index contributed by atoms with van der Waals surface area (Å²) >= 11 is 5.75. The summed E-state index contributed by atoms with van der Waals surface area (Å²) in [5.74, 6) is -1.41. The Hall–Kier alpha value is -2.01. The highest BCUT2D eigenvalue weighted by atomic mass is 35.5. The molecule has 0 bridgehead atoms. The van der Waals surface area contributed by atoms with Crippen molar-refractivity contribution in [2.45, 2.75) is 6.92 Å². The van der Waals surface area contributed by atoms with Crippen LogP contribution in [0.1, 0.15) is 17.5 Å². The maximum atomic E-state index is 11.4. The molecule has 0 aliphatic rings. The topological polar surface area (TPSA) is 72.6 Å². The van der Waals surface area contributed by atoms with E-state index in [0.717, 1.165) is 0 Å². The molecule has 0 atom stereocenters. The van der Waals surface area contributed by atoms with Gasteiger partial charge in [-0.25, -0.2) is 4.79 Å². The average Bonchev–Trinajstić information content (AvgIpc) is 2.72. The molecule has 0 radical (unpaired) electrons. The van der Waals surface area contributed by atoms with Gasteiger partial charge < -0.3 is 14.3 Å². The lowest BCUT2D eigenvalue weighted by Gasteiger charge is -1.97. The van der Waals surface area contributed by atoms with Crippen molar-refractivity contribution >= 4 is 17.6 Å². The minimum Gasteiger partial charge on any atom is -0.490 e. The molecule has 0 fully saturated rings. The highest BCUT2D eigenvalue weighted by Crippen LogP contribution is 2.27. The van der Waals surface area contributed by atoms with Crippen molar-refractivity contribution < 1.29 is 19.1 Å². The monoisotopic (exact) mass is 267 g/mol. The number of esters is 1. The molecule has 0 spiro atoms. The van der Waals surface area contributed by atoms with Gasteiger partial charge in [-0.05, 0) is 31.2 Å². The molecule has 5 nitrogen and oxygen atoms in total. The number of nitrogens with zero attached hydrogens (tertiary/aromatic N) is 1. The van der Waals surface area contributed by atoms with E-state index in [9.17, 15) is 9.90 Å². The zero-order chi connectivity index (χ0) is 13.1. The number of ether oxygens (including phenoxy) is 1. The molecule has 0 aliphatic carbocycles. The van der Waals surface area contributed by atoms with Crippen LogP contribution in [0.2, 0.25) is 5.02 Å². The van der Waals surface area contributed by atoms with Crippen LogP contribution < -0.4 is 0 Å². The standard InChI is InChI=1S/C12H10ClNO4/c1-2-17-12(16)9-10(15)14-11(18-9)7-3-5-8(13)6-4-7/h3-6,15H,2H2,1H3.